The second-order valence-electron chi connectivity index (χ2n) is 15.4. The predicted molar refractivity (Wildman–Crippen MR) is 231 cm³/mol. The third-order valence-corrected chi connectivity index (χ3v) is 13.2. The molecule has 11 aromatic rings. The number of rotatable bonds is 3. The van der Waals surface area contributed by atoms with Crippen LogP contribution in [-0.2, 0) is 5.41 Å². The summed E-state index contributed by atoms with van der Waals surface area (Å²) in [6, 6.07) is 63.3. The zero-order valence-electron chi connectivity index (χ0n) is 30.0. The van der Waals surface area contributed by atoms with E-state index in [1.165, 1.54) is 109 Å². The summed E-state index contributed by atoms with van der Waals surface area (Å²) in [5, 5.41) is 7.77. The van der Waals surface area contributed by atoms with Crippen molar-refractivity contribution in [3.8, 4) is 33.6 Å². The molecule has 0 unspecified atom stereocenters. The Kier molecular flexibility index (Phi) is 6.03. The molecule has 0 spiro atoms. The molecule has 3 heteroatoms. The molecule has 54 heavy (non-hydrogen) atoms. The molecule has 0 saturated heterocycles. The van der Waals surface area contributed by atoms with E-state index >= 15 is 0 Å². The molecular weight excluding hydrogens is 673 g/mol. The second-order valence-corrected chi connectivity index (χ2v) is 16.4. The van der Waals surface area contributed by atoms with Gasteiger partial charge in [-0.15, -0.1) is 11.3 Å². The molecule has 8 aromatic carbocycles. The van der Waals surface area contributed by atoms with Gasteiger partial charge in [0.2, 0.25) is 0 Å². The Morgan fingerprint density at radius 2 is 0.926 bits per heavy atom. The lowest BCUT2D eigenvalue weighted by atomic mass is 9.82. The van der Waals surface area contributed by atoms with Gasteiger partial charge in [-0.05, 0) is 112 Å². The molecule has 0 fully saturated rings. The van der Waals surface area contributed by atoms with Crippen LogP contribution in [0.4, 0.5) is 0 Å². The fourth-order valence-corrected chi connectivity index (χ4v) is 10.6. The Labute approximate surface area is 316 Å². The quantitative estimate of drug-likeness (QED) is 0.173. The van der Waals surface area contributed by atoms with Gasteiger partial charge in [0, 0.05) is 58.5 Å². The van der Waals surface area contributed by atoms with Gasteiger partial charge in [-0.25, -0.2) is 0 Å². The number of para-hydroxylation sites is 2. The zero-order valence-corrected chi connectivity index (χ0v) is 30.8. The number of aromatic nitrogens is 2. The summed E-state index contributed by atoms with van der Waals surface area (Å²) in [6.07, 6.45) is 0. The van der Waals surface area contributed by atoms with Crippen LogP contribution >= 0.6 is 11.3 Å². The van der Waals surface area contributed by atoms with Crippen LogP contribution in [0.3, 0.4) is 0 Å². The van der Waals surface area contributed by atoms with Crippen LogP contribution < -0.4 is 0 Å². The lowest BCUT2D eigenvalue weighted by Gasteiger charge is -2.21. The average molecular weight is 707 g/mol. The van der Waals surface area contributed by atoms with Gasteiger partial charge in [0.05, 0.1) is 22.1 Å². The minimum absolute atomic E-state index is 0.0710. The van der Waals surface area contributed by atoms with Gasteiger partial charge in [-0.2, -0.15) is 0 Å². The van der Waals surface area contributed by atoms with Crippen molar-refractivity contribution >= 4 is 75.1 Å². The summed E-state index contributed by atoms with van der Waals surface area (Å²) in [5.41, 5.74) is 15.2. The molecule has 1 aliphatic carbocycles. The Morgan fingerprint density at radius 3 is 1.61 bits per heavy atom. The highest BCUT2D eigenvalue weighted by Crippen LogP contribution is 2.51. The number of hydrogen-bond donors (Lipinski definition) is 0. The molecule has 0 saturated carbocycles. The number of hydrogen-bond acceptors (Lipinski definition) is 1. The highest BCUT2D eigenvalue weighted by Gasteiger charge is 2.36. The maximum atomic E-state index is 2.47. The molecular formula is C51H34N2S. The van der Waals surface area contributed by atoms with Gasteiger partial charge in [0.1, 0.15) is 0 Å². The summed E-state index contributed by atoms with van der Waals surface area (Å²) in [5.74, 6) is 0. The predicted octanol–water partition coefficient (Wildman–Crippen LogP) is 14.2. The molecule has 0 atom stereocenters. The summed E-state index contributed by atoms with van der Waals surface area (Å²) in [4.78, 5) is 0. The van der Waals surface area contributed by atoms with E-state index in [4.69, 9.17) is 0 Å². The summed E-state index contributed by atoms with van der Waals surface area (Å²) >= 11 is 1.88. The third-order valence-electron chi connectivity index (χ3n) is 12.1. The largest absolute Gasteiger partial charge is 0.309 e. The van der Waals surface area contributed by atoms with Crippen LogP contribution in [0.1, 0.15) is 25.0 Å². The zero-order chi connectivity index (χ0) is 35.7. The average Bonchev–Trinajstić information content (AvgIpc) is 3.91. The van der Waals surface area contributed by atoms with Crippen LogP contribution in [0.2, 0.25) is 0 Å². The van der Waals surface area contributed by atoms with Crippen LogP contribution in [-0.4, -0.2) is 9.13 Å². The number of fused-ring (bicyclic) bond motifs is 12. The van der Waals surface area contributed by atoms with Gasteiger partial charge in [0.25, 0.3) is 0 Å². The topological polar surface area (TPSA) is 9.86 Å². The molecule has 1 aliphatic rings. The molecule has 0 N–H and O–H groups in total. The van der Waals surface area contributed by atoms with Gasteiger partial charge in [0.15, 0.2) is 0 Å². The number of benzene rings is 8. The van der Waals surface area contributed by atoms with E-state index in [1.54, 1.807) is 0 Å². The molecule has 3 aromatic heterocycles. The molecule has 3 heterocycles. The Morgan fingerprint density at radius 1 is 0.370 bits per heavy atom. The standard InChI is InChI=1S/C51H34N2S/c1-51(2)43-19-11-9-17-35(43)37-27-40-38-25-31(21-23-45(38)52(47(40)29-44(37)51)33-13-5-3-6-14-33)32-22-24-46-39(26-32)41-28-42-36-18-10-12-20-49(36)54-50(42)30-48(41)53(46)34-15-7-4-8-16-34/h3-30H,1-2H3. The van der Waals surface area contributed by atoms with Crippen LogP contribution in [0.25, 0.3) is 97.4 Å². The van der Waals surface area contributed by atoms with Crippen LogP contribution in [0.5, 0.6) is 0 Å². The minimum atomic E-state index is -0.0710. The van der Waals surface area contributed by atoms with Crippen molar-refractivity contribution in [1.82, 2.24) is 9.13 Å². The van der Waals surface area contributed by atoms with E-state index in [9.17, 15) is 0 Å². The van der Waals surface area contributed by atoms with E-state index in [0.717, 1.165) is 0 Å². The Balaban J connectivity index is 1.12. The lowest BCUT2D eigenvalue weighted by molar-refractivity contribution is 0.661. The number of nitrogens with zero attached hydrogens (tertiary/aromatic N) is 2. The molecule has 2 nitrogen and oxygen atoms in total. The van der Waals surface area contributed by atoms with E-state index in [1.807, 2.05) is 11.3 Å². The van der Waals surface area contributed by atoms with Crippen molar-refractivity contribution in [3.05, 3.63) is 181 Å². The van der Waals surface area contributed by atoms with Crippen molar-refractivity contribution in [2.45, 2.75) is 19.3 Å². The van der Waals surface area contributed by atoms with Gasteiger partial charge < -0.3 is 9.13 Å². The second kappa shape index (κ2) is 10.8. The van der Waals surface area contributed by atoms with Gasteiger partial charge >= 0.3 is 0 Å². The molecule has 12 rings (SSSR count). The van der Waals surface area contributed by atoms with E-state index < -0.39 is 0 Å². The normalized spacial score (nSPS) is 13.5. The first kappa shape index (κ1) is 30.1. The minimum Gasteiger partial charge on any atom is -0.309 e. The van der Waals surface area contributed by atoms with Crippen molar-refractivity contribution in [1.29, 1.82) is 0 Å². The fraction of sp³-hybridized carbons (Fsp3) is 0.0588. The highest BCUT2D eigenvalue weighted by atomic mass is 32.1. The lowest BCUT2D eigenvalue weighted by Crippen LogP contribution is -2.14. The smallest absolute Gasteiger partial charge is 0.0555 e. The summed E-state index contributed by atoms with van der Waals surface area (Å²) < 4.78 is 7.55. The first-order chi connectivity index (χ1) is 26.5. The first-order valence-corrected chi connectivity index (χ1v) is 19.6. The van der Waals surface area contributed by atoms with Crippen molar-refractivity contribution in [2.75, 3.05) is 0 Å². The Hall–Kier alpha value is -6.42. The van der Waals surface area contributed by atoms with E-state index in [0.29, 0.717) is 0 Å². The van der Waals surface area contributed by atoms with E-state index in [-0.39, 0.29) is 5.41 Å². The maximum absolute atomic E-state index is 2.47. The SMILES string of the molecule is CC1(C)c2ccccc2-c2cc3c4cc(-c5ccc6c(c5)c5cc7c(cc5n6-c5ccccc5)sc5ccccc57)ccc4n(-c4ccccc4)c3cc21. The van der Waals surface area contributed by atoms with Gasteiger partial charge in [-0.1, -0.05) is 105 Å². The Bertz CT molecular complexity index is 3340. The van der Waals surface area contributed by atoms with E-state index in [2.05, 4.69) is 193 Å². The molecule has 0 radical (unpaired) electrons. The highest BCUT2D eigenvalue weighted by molar-refractivity contribution is 7.25. The fourth-order valence-electron chi connectivity index (χ4n) is 9.52. The summed E-state index contributed by atoms with van der Waals surface area (Å²) in [6.45, 7) is 4.74. The summed E-state index contributed by atoms with van der Waals surface area (Å²) in [7, 11) is 0. The van der Waals surface area contributed by atoms with Crippen molar-refractivity contribution < 1.29 is 0 Å². The first-order valence-electron chi connectivity index (χ1n) is 18.8. The van der Waals surface area contributed by atoms with Crippen LogP contribution in [0.15, 0.2) is 170 Å². The molecule has 0 amide bonds. The van der Waals surface area contributed by atoms with Crippen LogP contribution in [0, 0.1) is 0 Å². The number of thiophene rings is 1. The molecule has 0 bridgehead atoms. The molecule has 254 valence electrons. The maximum Gasteiger partial charge on any atom is 0.0555 e. The van der Waals surface area contributed by atoms with Crippen molar-refractivity contribution in [2.24, 2.45) is 0 Å². The van der Waals surface area contributed by atoms with Gasteiger partial charge in [-0.3, -0.25) is 0 Å². The molecule has 0 aliphatic heterocycles. The monoisotopic (exact) mass is 706 g/mol. The third kappa shape index (κ3) is 4.05. The van der Waals surface area contributed by atoms with Crippen molar-refractivity contribution in [3.63, 3.8) is 0 Å².